The summed E-state index contributed by atoms with van der Waals surface area (Å²) >= 11 is 0. The van der Waals surface area contributed by atoms with Crippen LogP contribution in [0.5, 0.6) is 0 Å². The molecule has 0 bridgehead atoms. The van der Waals surface area contributed by atoms with Crippen LogP contribution in [0.1, 0.15) is 0 Å². The maximum Gasteiger partial charge on any atom is 0.109 e. The third-order valence-electron chi connectivity index (χ3n) is 3.24. The number of aliphatic hydroxyl groups is 4. The molecule has 0 saturated carbocycles. The average Bonchev–Trinajstić information content (AvgIpc) is 2.31. The molecular formula is C13H25NO4Si. The summed E-state index contributed by atoms with van der Waals surface area (Å²) in [6.07, 6.45) is -3.35. The third-order valence-corrected chi connectivity index (χ3v) is 4.48. The standard InChI is InChI=1S/C13H25NO4Si/c1-19(2,3)7-5-4-6-14-8-11(16)13(18)12(17)10(14)9-15/h10-13,15-18H,6-9H2,1-3H3/t10?,11-,12+,13+/m0/s1. The molecule has 0 amide bonds. The molecule has 0 spiro atoms. The summed E-state index contributed by atoms with van der Waals surface area (Å²) < 4.78 is 0. The topological polar surface area (TPSA) is 84.2 Å². The van der Waals surface area contributed by atoms with E-state index in [9.17, 15) is 20.4 Å². The van der Waals surface area contributed by atoms with Crippen molar-refractivity contribution in [3.05, 3.63) is 0 Å². The van der Waals surface area contributed by atoms with Gasteiger partial charge in [-0.2, -0.15) is 0 Å². The Morgan fingerprint density at radius 1 is 1.11 bits per heavy atom. The van der Waals surface area contributed by atoms with Gasteiger partial charge in [0.05, 0.1) is 33.4 Å². The van der Waals surface area contributed by atoms with Crippen LogP contribution >= 0.6 is 0 Å². The van der Waals surface area contributed by atoms with E-state index in [1.54, 1.807) is 4.90 Å². The lowest BCUT2D eigenvalue weighted by Crippen LogP contribution is -2.62. The van der Waals surface area contributed by atoms with Gasteiger partial charge in [-0.25, -0.2) is 0 Å². The first-order valence-electron chi connectivity index (χ1n) is 6.61. The third kappa shape index (κ3) is 4.88. The summed E-state index contributed by atoms with van der Waals surface area (Å²) in [6.45, 7) is 7.05. The molecule has 1 saturated heterocycles. The molecule has 0 aliphatic carbocycles. The predicted octanol–water partition coefficient (Wildman–Crippen LogP) is -0.913. The van der Waals surface area contributed by atoms with Crippen LogP contribution in [0.4, 0.5) is 0 Å². The zero-order valence-corrected chi connectivity index (χ0v) is 12.9. The summed E-state index contributed by atoms with van der Waals surface area (Å²) in [7, 11) is -1.19. The number of β-amino-alcohol motifs (C(OH)–C–C–N with tert-alkyl or cyclic N) is 1. The minimum atomic E-state index is -1.21. The van der Waals surface area contributed by atoms with E-state index in [-0.39, 0.29) is 13.2 Å². The van der Waals surface area contributed by atoms with E-state index in [1.165, 1.54) is 0 Å². The van der Waals surface area contributed by atoms with Crippen molar-refractivity contribution in [1.29, 1.82) is 0 Å². The van der Waals surface area contributed by atoms with E-state index in [1.807, 2.05) is 0 Å². The maximum absolute atomic E-state index is 9.81. The van der Waals surface area contributed by atoms with E-state index in [4.69, 9.17) is 0 Å². The summed E-state index contributed by atoms with van der Waals surface area (Å²) in [4.78, 5) is 1.72. The Labute approximate surface area is 115 Å². The highest BCUT2D eigenvalue weighted by molar-refractivity contribution is 6.76. The van der Waals surface area contributed by atoms with Gasteiger partial charge >= 0.3 is 0 Å². The van der Waals surface area contributed by atoms with Gasteiger partial charge in [-0.15, -0.1) is 5.92 Å². The van der Waals surface area contributed by atoms with Crippen LogP contribution in [0.3, 0.4) is 0 Å². The molecule has 5 nitrogen and oxygen atoms in total. The second-order valence-electron chi connectivity index (χ2n) is 6.32. The molecule has 1 heterocycles. The van der Waals surface area contributed by atoms with Crippen LogP contribution < -0.4 is 0 Å². The van der Waals surface area contributed by atoms with Gasteiger partial charge < -0.3 is 20.4 Å². The SMILES string of the molecule is C[Si](C)(C)CC#CCN1C[C@H](O)[C@@H](O)[C@H](O)C1CO. The first-order valence-corrected chi connectivity index (χ1v) is 10.3. The van der Waals surface area contributed by atoms with Crippen LogP contribution in [-0.2, 0) is 0 Å². The number of piperidine rings is 1. The van der Waals surface area contributed by atoms with Gasteiger partial charge in [0.2, 0.25) is 0 Å². The second-order valence-corrected chi connectivity index (χ2v) is 11.8. The van der Waals surface area contributed by atoms with Crippen LogP contribution in [0, 0.1) is 11.8 Å². The Bertz CT molecular complexity index is 347. The Balaban J connectivity index is 2.60. The quantitative estimate of drug-likeness (QED) is 0.399. The predicted molar refractivity (Wildman–Crippen MR) is 76.4 cm³/mol. The Hall–Kier alpha value is -0.423. The molecular weight excluding hydrogens is 262 g/mol. The monoisotopic (exact) mass is 287 g/mol. The van der Waals surface area contributed by atoms with Crippen molar-refractivity contribution in [2.45, 2.75) is 50.0 Å². The van der Waals surface area contributed by atoms with Gasteiger partial charge in [0, 0.05) is 12.6 Å². The molecule has 1 aliphatic rings. The van der Waals surface area contributed by atoms with Gasteiger partial charge in [0.1, 0.15) is 12.2 Å². The molecule has 4 atom stereocenters. The number of likely N-dealkylation sites (tertiary alicyclic amines) is 1. The van der Waals surface area contributed by atoms with Crippen molar-refractivity contribution in [2.24, 2.45) is 0 Å². The van der Waals surface area contributed by atoms with Crippen LogP contribution in [0.25, 0.3) is 0 Å². The molecule has 0 radical (unpaired) electrons. The minimum absolute atomic E-state index is 0.213. The zero-order valence-electron chi connectivity index (χ0n) is 11.9. The Morgan fingerprint density at radius 3 is 2.26 bits per heavy atom. The molecule has 1 fully saturated rings. The highest BCUT2D eigenvalue weighted by Gasteiger charge is 2.40. The van der Waals surface area contributed by atoms with Gasteiger partial charge in [-0.05, 0) is 0 Å². The van der Waals surface area contributed by atoms with Crippen molar-refractivity contribution in [1.82, 2.24) is 4.90 Å². The molecule has 1 aliphatic heterocycles. The Kier molecular flexibility index (Phi) is 5.99. The summed E-state index contributed by atoms with van der Waals surface area (Å²) in [6, 6.07) is 0.331. The van der Waals surface area contributed by atoms with E-state index < -0.39 is 32.4 Å². The smallest absolute Gasteiger partial charge is 0.109 e. The van der Waals surface area contributed by atoms with E-state index in [0.29, 0.717) is 6.54 Å². The summed E-state index contributed by atoms with van der Waals surface area (Å²) in [5.74, 6) is 6.15. The molecule has 110 valence electrons. The lowest BCUT2D eigenvalue weighted by Gasteiger charge is -2.42. The number of rotatable bonds is 3. The van der Waals surface area contributed by atoms with Crippen molar-refractivity contribution < 1.29 is 20.4 Å². The molecule has 0 aromatic rings. The van der Waals surface area contributed by atoms with Gasteiger partial charge in [-0.1, -0.05) is 25.6 Å². The zero-order chi connectivity index (χ0) is 14.6. The highest BCUT2D eigenvalue weighted by Crippen LogP contribution is 2.18. The number of hydrogen-bond acceptors (Lipinski definition) is 5. The molecule has 19 heavy (non-hydrogen) atoms. The fourth-order valence-corrected chi connectivity index (χ4v) is 2.70. The van der Waals surface area contributed by atoms with E-state index >= 15 is 0 Å². The lowest BCUT2D eigenvalue weighted by molar-refractivity contribution is -0.142. The molecule has 0 aromatic carbocycles. The molecule has 0 aromatic heterocycles. The normalized spacial score (nSPS) is 32.8. The van der Waals surface area contributed by atoms with Crippen molar-refractivity contribution in [3.63, 3.8) is 0 Å². The number of aliphatic hydroxyl groups excluding tert-OH is 4. The first-order chi connectivity index (χ1) is 8.76. The van der Waals surface area contributed by atoms with E-state index in [0.717, 1.165) is 6.04 Å². The highest BCUT2D eigenvalue weighted by atomic mass is 28.3. The maximum atomic E-state index is 9.81. The lowest BCUT2D eigenvalue weighted by atomic mass is 9.94. The van der Waals surface area contributed by atoms with Crippen molar-refractivity contribution in [3.8, 4) is 11.8 Å². The fourth-order valence-electron chi connectivity index (χ4n) is 2.05. The van der Waals surface area contributed by atoms with Crippen LogP contribution in [0.2, 0.25) is 25.7 Å². The van der Waals surface area contributed by atoms with Gasteiger partial charge in [0.25, 0.3) is 0 Å². The minimum Gasteiger partial charge on any atom is -0.395 e. The van der Waals surface area contributed by atoms with Gasteiger partial charge in [-0.3, -0.25) is 4.90 Å². The molecule has 6 heteroatoms. The van der Waals surface area contributed by atoms with Crippen LogP contribution in [0.15, 0.2) is 0 Å². The largest absolute Gasteiger partial charge is 0.395 e. The molecule has 1 unspecified atom stereocenters. The van der Waals surface area contributed by atoms with Crippen molar-refractivity contribution >= 4 is 8.07 Å². The summed E-state index contributed by atoms with van der Waals surface area (Å²) in [5.41, 5.74) is 0. The van der Waals surface area contributed by atoms with E-state index in [2.05, 4.69) is 31.5 Å². The van der Waals surface area contributed by atoms with Crippen LogP contribution in [-0.4, -0.2) is 77.5 Å². The number of nitrogens with zero attached hydrogens (tertiary/aromatic N) is 1. The van der Waals surface area contributed by atoms with Crippen molar-refractivity contribution in [2.75, 3.05) is 19.7 Å². The fraction of sp³-hybridized carbons (Fsp3) is 0.846. The number of hydrogen-bond donors (Lipinski definition) is 4. The molecule has 4 N–H and O–H groups in total. The summed E-state index contributed by atoms with van der Waals surface area (Å²) in [5, 5.41) is 38.3. The second kappa shape index (κ2) is 6.84. The molecule has 1 rings (SSSR count). The average molecular weight is 287 g/mol. The Morgan fingerprint density at radius 2 is 1.74 bits per heavy atom. The van der Waals surface area contributed by atoms with Gasteiger partial charge in [0.15, 0.2) is 0 Å². The first kappa shape index (κ1) is 16.6.